The molecule has 2 amide bonds. The minimum atomic E-state index is -0.355. The molecule has 0 atom stereocenters. The molecule has 3 aromatic carbocycles. The van der Waals surface area contributed by atoms with Gasteiger partial charge in [0.2, 0.25) is 5.91 Å². The van der Waals surface area contributed by atoms with Crippen molar-refractivity contribution in [3.05, 3.63) is 94.0 Å². The molecule has 4 rings (SSSR count). The Labute approximate surface area is 188 Å². The molecule has 0 fully saturated rings. The number of halogens is 1. The summed E-state index contributed by atoms with van der Waals surface area (Å²) in [5, 5.41) is 11.1. The number of fused-ring (bicyclic) bond motifs is 1. The summed E-state index contributed by atoms with van der Waals surface area (Å²) in [6.45, 7) is 1.86. The van der Waals surface area contributed by atoms with Crippen molar-refractivity contribution < 1.29 is 9.59 Å². The first-order chi connectivity index (χ1) is 15.0. The number of carbonyl (C=O) groups excluding carboxylic acids is 2. The molecule has 1 heterocycles. The zero-order valence-corrected chi connectivity index (χ0v) is 18.3. The molecule has 0 saturated carbocycles. The fourth-order valence-electron chi connectivity index (χ4n) is 3.24. The van der Waals surface area contributed by atoms with Crippen LogP contribution in [0.3, 0.4) is 0 Å². The van der Waals surface area contributed by atoms with Crippen molar-refractivity contribution in [2.24, 2.45) is 10.2 Å². The minimum absolute atomic E-state index is 0.113. The van der Waals surface area contributed by atoms with E-state index in [2.05, 4.69) is 31.4 Å². The summed E-state index contributed by atoms with van der Waals surface area (Å²) in [6.07, 6.45) is 1.58. The Kier molecular flexibility index (Phi) is 6.04. The third kappa shape index (κ3) is 4.78. The molecule has 154 valence electrons. The van der Waals surface area contributed by atoms with E-state index in [0.717, 1.165) is 15.6 Å². The van der Waals surface area contributed by atoms with Gasteiger partial charge in [-0.3, -0.25) is 14.5 Å². The van der Waals surface area contributed by atoms with E-state index in [-0.39, 0.29) is 24.1 Å². The van der Waals surface area contributed by atoms with Crippen molar-refractivity contribution in [3.63, 3.8) is 0 Å². The third-order valence-electron chi connectivity index (χ3n) is 4.75. The number of hydrogen-bond donors (Lipinski definition) is 1. The molecule has 0 radical (unpaired) electrons. The second-order valence-electron chi connectivity index (χ2n) is 7.07. The molecule has 1 aliphatic rings. The van der Waals surface area contributed by atoms with E-state index >= 15 is 0 Å². The van der Waals surface area contributed by atoms with Gasteiger partial charge in [-0.05, 0) is 42.8 Å². The molecule has 6 nitrogen and oxygen atoms in total. The largest absolute Gasteiger partial charge is 0.325 e. The lowest BCUT2D eigenvalue weighted by Gasteiger charge is -2.16. The third-order valence-corrected chi connectivity index (χ3v) is 5.24. The number of nitrogens with one attached hydrogen (secondary N) is 1. The van der Waals surface area contributed by atoms with Crippen LogP contribution in [-0.2, 0) is 9.59 Å². The van der Waals surface area contributed by atoms with Crippen molar-refractivity contribution in [1.29, 1.82) is 0 Å². The van der Waals surface area contributed by atoms with E-state index in [1.807, 2.05) is 67.6 Å². The van der Waals surface area contributed by atoms with E-state index in [9.17, 15) is 9.59 Å². The molecule has 0 aromatic heterocycles. The Hall–Kier alpha value is -3.58. The number of amides is 2. The molecule has 1 N–H and O–H groups in total. The lowest BCUT2D eigenvalue weighted by molar-refractivity contribution is -0.118. The summed E-state index contributed by atoms with van der Waals surface area (Å²) in [4.78, 5) is 27.0. The molecular formula is C24H19BrN4O2. The fraction of sp³-hybridized carbons (Fsp3) is 0.0833. The molecule has 0 aliphatic carbocycles. The highest BCUT2D eigenvalue weighted by Gasteiger charge is 2.35. The number of benzene rings is 3. The van der Waals surface area contributed by atoms with Crippen molar-refractivity contribution >= 4 is 51.0 Å². The Bertz CT molecular complexity index is 1200. The van der Waals surface area contributed by atoms with Crippen LogP contribution in [-0.4, -0.2) is 30.3 Å². The summed E-state index contributed by atoms with van der Waals surface area (Å²) in [6, 6.07) is 22.3. The van der Waals surface area contributed by atoms with Crippen LogP contribution in [0, 0.1) is 6.92 Å². The van der Waals surface area contributed by atoms with Gasteiger partial charge in [-0.1, -0.05) is 64.0 Å². The predicted molar refractivity (Wildman–Crippen MR) is 127 cm³/mol. The van der Waals surface area contributed by atoms with Crippen LogP contribution in [0.2, 0.25) is 0 Å². The van der Waals surface area contributed by atoms with Crippen LogP contribution >= 0.6 is 15.9 Å². The number of para-hydroxylation sites is 1. The number of anilines is 2. The Morgan fingerprint density at radius 3 is 2.61 bits per heavy atom. The van der Waals surface area contributed by atoms with Gasteiger partial charge in [0.1, 0.15) is 6.54 Å². The van der Waals surface area contributed by atoms with E-state index in [1.165, 1.54) is 4.90 Å². The van der Waals surface area contributed by atoms with Crippen LogP contribution < -0.4 is 10.2 Å². The molecule has 0 bridgehead atoms. The standard InChI is InChI=1S/C24H19BrN4O2/c1-16-9-11-19(12-10-16)27-22(30)15-29-21-8-3-2-7-20(21)23(24(29)31)28-26-14-17-5-4-6-18(25)13-17/h2-14H,15H2,1H3,(H,27,30)/b26-14+,28-23-. The average molecular weight is 475 g/mol. The van der Waals surface area contributed by atoms with Gasteiger partial charge in [-0.2, -0.15) is 5.10 Å². The lowest BCUT2D eigenvalue weighted by atomic mass is 10.1. The first kappa shape index (κ1) is 20.7. The van der Waals surface area contributed by atoms with Crippen molar-refractivity contribution in [3.8, 4) is 0 Å². The Morgan fingerprint density at radius 2 is 1.84 bits per heavy atom. The maximum Gasteiger partial charge on any atom is 0.279 e. The topological polar surface area (TPSA) is 74.1 Å². The van der Waals surface area contributed by atoms with E-state index in [1.54, 1.807) is 18.3 Å². The lowest BCUT2D eigenvalue weighted by Crippen LogP contribution is -2.37. The van der Waals surface area contributed by atoms with Crippen LogP contribution in [0.1, 0.15) is 16.7 Å². The highest BCUT2D eigenvalue weighted by molar-refractivity contribution is 9.10. The summed E-state index contributed by atoms with van der Waals surface area (Å²) >= 11 is 3.41. The highest BCUT2D eigenvalue weighted by atomic mass is 79.9. The van der Waals surface area contributed by atoms with Gasteiger partial charge < -0.3 is 5.32 Å². The first-order valence-electron chi connectivity index (χ1n) is 9.65. The fourth-order valence-corrected chi connectivity index (χ4v) is 3.65. The van der Waals surface area contributed by atoms with Gasteiger partial charge in [-0.15, -0.1) is 5.10 Å². The van der Waals surface area contributed by atoms with Gasteiger partial charge >= 0.3 is 0 Å². The van der Waals surface area contributed by atoms with Gasteiger partial charge in [0, 0.05) is 15.7 Å². The van der Waals surface area contributed by atoms with Crippen LogP contribution in [0.4, 0.5) is 11.4 Å². The van der Waals surface area contributed by atoms with E-state index in [4.69, 9.17) is 0 Å². The summed E-state index contributed by atoms with van der Waals surface area (Å²) in [5.41, 5.74) is 4.15. The Morgan fingerprint density at radius 1 is 1.06 bits per heavy atom. The second kappa shape index (κ2) is 9.06. The molecule has 0 unspecified atom stereocenters. The monoisotopic (exact) mass is 474 g/mol. The van der Waals surface area contributed by atoms with Crippen molar-refractivity contribution in [2.75, 3.05) is 16.8 Å². The summed E-state index contributed by atoms with van der Waals surface area (Å²) < 4.78 is 0.928. The van der Waals surface area contributed by atoms with Crippen LogP contribution in [0.25, 0.3) is 0 Å². The van der Waals surface area contributed by atoms with Gasteiger partial charge in [0.25, 0.3) is 5.91 Å². The zero-order valence-electron chi connectivity index (χ0n) is 16.7. The smallest absolute Gasteiger partial charge is 0.279 e. The SMILES string of the molecule is Cc1ccc(NC(=O)CN2C(=O)/C(=N\N=C\c3cccc(Br)c3)c3ccccc32)cc1. The Balaban J connectivity index is 1.54. The van der Waals surface area contributed by atoms with E-state index < -0.39 is 0 Å². The maximum atomic E-state index is 13.0. The van der Waals surface area contributed by atoms with Gasteiger partial charge in [-0.25, -0.2) is 0 Å². The van der Waals surface area contributed by atoms with Gasteiger partial charge in [0.05, 0.1) is 11.9 Å². The quantitative estimate of drug-likeness (QED) is 0.434. The molecule has 31 heavy (non-hydrogen) atoms. The molecule has 7 heteroatoms. The van der Waals surface area contributed by atoms with Crippen LogP contribution in [0.15, 0.2) is 87.5 Å². The summed E-state index contributed by atoms with van der Waals surface area (Å²) in [7, 11) is 0. The normalized spacial score (nSPS) is 14.3. The second-order valence-corrected chi connectivity index (χ2v) is 7.99. The molecular weight excluding hydrogens is 456 g/mol. The molecule has 1 aliphatic heterocycles. The van der Waals surface area contributed by atoms with Crippen molar-refractivity contribution in [1.82, 2.24) is 0 Å². The van der Waals surface area contributed by atoms with E-state index in [0.29, 0.717) is 16.9 Å². The predicted octanol–water partition coefficient (Wildman–Crippen LogP) is 4.57. The van der Waals surface area contributed by atoms with Crippen LogP contribution in [0.5, 0.6) is 0 Å². The number of carbonyl (C=O) groups is 2. The minimum Gasteiger partial charge on any atom is -0.325 e. The number of rotatable bonds is 5. The number of aryl methyl sites for hydroxylation is 1. The van der Waals surface area contributed by atoms with Gasteiger partial charge in [0.15, 0.2) is 5.71 Å². The molecule has 3 aromatic rings. The maximum absolute atomic E-state index is 13.0. The highest BCUT2D eigenvalue weighted by Crippen LogP contribution is 2.29. The molecule has 0 spiro atoms. The summed E-state index contributed by atoms with van der Waals surface area (Å²) in [5.74, 6) is -0.641. The number of nitrogens with zero attached hydrogens (tertiary/aromatic N) is 3. The first-order valence-corrected chi connectivity index (χ1v) is 10.4. The molecule has 0 saturated heterocycles. The van der Waals surface area contributed by atoms with Crippen molar-refractivity contribution in [2.45, 2.75) is 6.92 Å². The zero-order chi connectivity index (χ0) is 21.8. The number of hydrogen-bond acceptors (Lipinski definition) is 4. The average Bonchev–Trinajstić information content (AvgIpc) is 3.01.